The van der Waals surface area contributed by atoms with Crippen LogP contribution in [0.5, 0.6) is 0 Å². The maximum absolute atomic E-state index is 10.2. The topological polar surface area (TPSA) is 38.7 Å². The monoisotopic (exact) mass is 293 g/mol. The lowest BCUT2D eigenvalue weighted by Crippen LogP contribution is -2.64. The van der Waals surface area contributed by atoms with Crippen LogP contribution in [0.25, 0.3) is 0 Å². The van der Waals surface area contributed by atoms with E-state index in [4.69, 9.17) is 0 Å². The number of aliphatic hydroxyl groups is 1. The third kappa shape index (κ3) is 2.88. The van der Waals surface area contributed by atoms with Gasteiger partial charge in [0.05, 0.1) is 12.1 Å². The molecule has 21 heavy (non-hydrogen) atoms. The Labute approximate surface area is 128 Å². The van der Waals surface area contributed by atoms with Crippen molar-refractivity contribution in [3.63, 3.8) is 0 Å². The molecule has 2 saturated heterocycles. The fourth-order valence-corrected chi connectivity index (χ4v) is 4.62. The minimum atomic E-state index is -0.0177. The lowest BCUT2D eigenvalue weighted by molar-refractivity contribution is 0.0151. The highest BCUT2D eigenvalue weighted by atomic mass is 16.3. The highest BCUT2D eigenvalue weighted by Gasteiger charge is 2.49. The predicted molar refractivity (Wildman–Crippen MR) is 84.3 cm³/mol. The first-order valence-electron chi connectivity index (χ1n) is 9.07. The first-order valence-corrected chi connectivity index (χ1v) is 9.07. The van der Waals surface area contributed by atoms with Crippen LogP contribution in [0.3, 0.4) is 0 Å². The second-order valence-corrected chi connectivity index (χ2v) is 8.08. The van der Waals surface area contributed by atoms with E-state index in [2.05, 4.69) is 22.0 Å². The number of hydrogen-bond acceptors (Lipinski definition) is 4. The van der Waals surface area contributed by atoms with E-state index >= 15 is 0 Å². The number of piperazine rings is 1. The Morgan fingerprint density at radius 3 is 2.62 bits per heavy atom. The number of rotatable bonds is 6. The zero-order valence-corrected chi connectivity index (χ0v) is 13.4. The van der Waals surface area contributed by atoms with E-state index in [1.807, 2.05) is 0 Å². The summed E-state index contributed by atoms with van der Waals surface area (Å²) in [5.41, 5.74) is -0.0177. The SMILES string of the molecule is CC1CN2CCCC2CN1CC(CO)(NC1CC1)C1CC1. The smallest absolute Gasteiger partial charge is 0.0628 e. The van der Waals surface area contributed by atoms with E-state index < -0.39 is 0 Å². The summed E-state index contributed by atoms with van der Waals surface area (Å²) in [7, 11) is 0. The van der Waals surface area contributed by atoms with Gasteiger partial charge >= 0.3 is 0 Å². The van der Waals surface area contributed by atoms with Gasteiger partial charge in [-0.1, -0.05) is 0 Å². The predicted octanol–water partition coefficient (Wildman–Crippen LogP) is 1.05. The summed E-state index contributed by atoms with van der Waals surface area (Å²) < 4.78 is 0. The Hall–Kier alpha value is -0.160. The van der Waals surface area contributed by atoms with Crippen molar-refractivity contribution in [2.24, 2.45) is 5.92 Å². The number of hydrogen-bond donors (Lipinski definition) is 2. The molecule has 0 bridgehead atoms. The van der Waals surface area contributed by atoms with Gasteiger partial charge in [0.15, 0.2) is 0 Å². The van der Waals surface area contributed by atoms with Gasteiger partial charge < -0.3 is 10.4 Å². The van der Waals surface area contributed by atoms with E-state index in [1.165, 1.54) is 58.2 Å². The molecule has 0 spiro atoms. The van der Waals surface area contributed by atoms with Crippen LogP contribution in [0, 0.1) is 5.92 Å². The van der Waals surface area contributed by atoms with Gasteiger partial charge in [0, 0.05) is 37.8 Å². The van der Waals surface area contributed by atoms with Gasteiger partial charge in [-0.2, -0.15) is 0 Å². The van der Waals surface area contributed by atoms with E-state index in [9.17, 15) is 5.11 Å². The third-order valence-corrected chi connectivity index (χ3v) is 6.26. The molecule has 3 atom stereocenters. The Bertz CT molecular complexity index is 382. The molecule has 0 aromatic heterocycles. The molecule has 2 aliphatic heterocycles. The lowest BCUT2D eigenvalue weighted by Gasteiger charge is -2.47. The largest absolute Gasteiger partial charge is 0.394 e. The second kappa shape index (κ2) is 5.48. The van der Waals surface area contributed by atoms with Crippen molar-refractivity contribution < 1.29 is 5.11 Å². The Morgan fingerprint density at radius 2 is 1.95 bits per heavy atom. The molecule has 2 saturated carbocycles. The van der Waals surface area contributed by atoms with Crippen LogP contribution in [0.15, 0.2) is 0 Å². The van der Waals surface area contributed by atoms with Crippen molar-refractivity contribution in [2.45, 2.75) is 69.1 Å². The maximum atomic E-state index is 10.2. The fourth-order valence-electron chi connectivity index (χ4n) is 4.62. The number of nitrogens with zero attached hydrogens (tertiary/aromatic N) is 2. The average molecular weight is 293 g/mol. The second-order valence-electron chi connectivity index (χ2n) is 8.08. The van der Waals surface area contributed by atoms with Gasteiger partial charge in [-0.15, -0.1) is 0 Å². The van der Waals surface area contributed by atoms with Crippen molar-refractivity contribution in [3.8, 4) is 0 Å². The summed E-state index contributed by atoms with van der Waals surface area (Å²) in [6.07, 6.45) is 7.96. The molecule has 4 heteroatoms. The minimum Gasteiger partial charge on any atom is -0.394 e. The van der Waals surface area contributed by atoms with Crippen LogP contribution >= 0.6 is 0 Å². The Balaban J connectivity index is 1.46. The quantitative estimate of drug-likeness (QED) is 0.768. The molecule has 4 rings (SSSR count). The molecule has 4 fully saturated rings. The van der Waals surface area contributed by atoms with Crippen molar-refractivity contribution in [1.29, 1.82) is 0 Å². The standard InChI is InChI=1S/C17H31N3O/c1-13-9-19-8-2-3-16(19)10-20(13)11-17(12-21,14-4-5-14)18-15-6-7-15/h13-16,18,21H,2-12H2,1H3. The first-order chi connectivity index (χ1) is 10.2. The molecule has 2 aliphatic carbocycles. The molecule has 2 N–H and O–H groups in total. The molecule has 0 aromatic rings. The summed E-state index contributed by atoms with van der Waals surface area (Å²) in [6.45, 7) is 7.47. The molecule has 4 nitrogen and oxygen atoms in total. The van der Waals surface area contributed by atoms with Crippen LogP contribution < -0.4 is 5.32 Å². The van der Waals surface area contributed by atoms with E-state index in [-0.39, 0.29) is 5.54 Å². The highest BCUT2D eigenvalue weighted by molar-refractivity contribution is 5.07. The zero-order chi connectivity index (χ0) is 14.4. The normalized spacial score (nSPS) is 37.4. The molecule has 120 valence electrons. The Kier molecular flexibility index (Phi) is 3.77. The van der Waals surface area contributed by atoms with Gasteiger partial charge in [0.1, 0.15) is 0 Å². The van der Waals surface area contributed by atoms with Crippen LogP contribution in [0.1, 0.15) is 45.4 Å². The van der Waals surface area contributed by atoms with Crippen molar-refractivity contribution >= 4 is 0 Å². The molecular weight excluding hydrogens is 262 g/mol. The molecule has 3 unspecified atom stereocenters. The Morgan fingerprint density at radius 1 is 1.14 bits per heavy atom. The van der Waals surface area contributed by atoms with E-state index in [0.717, 1.165) is 12.6 Å². The van der Waals surface area contributed by atoms with E-state index in [1.54, 1.807) is 0 Å². The number of fused-ring (bicyclic) bond motifs is 1. The van der Waals surface area contributed by atoms with Gasteiger partial charge in [-0.05, 0) is 57.9 Å². The van der Waals surface area contributed by atoms with Crippen LogP contribution in [-0.2, 0) is 0 Å². The maximum Gasteiger partial charge on any atom is 0.0628 e. The van der Waals surface area contributed by atoms with Crippen LogP contribution in [-0.4, -0.2) is 71.4 Å². The molecule has 2 heterocycles. The number of nitrogens with one attached hydrogen (secondary N) is 1. The zero-order valence-electron chi connectivity index (χ0n) is 13.4. The third-order valence-electron chi connectivity index (χ3n) is 6.26. The van der Waals surface area contributed by atoms with Crippen molar-refractivity contribution in [2.75, 3.05) is 32.8 Å². The van der Waals surface area contributed by atoms with Crippen LogP contribution in [0.2, 0.25) is 0 Å². The summed E-state index contributed by atoms with van der Waals surface area (Å²) >= 11 is 0. The van der Waals surface area contributed by atoms with E-state index in [0.29, 0.717) is 24.6 Å². The molecule has 4 aliphatic rings. The van der Waals surface area contributed by atoms with Gasteiger partial charge in [-0.3, -0.25) is 9.80 Å². The number of aliphatic hydroxyl groups excluding tert-OH is 1. The van der Waals surface area contributed by atoms with Gasteiger partial charge in [0.25, 0.3) is 0 Å². The molecule has 0 aromatic carbocycles. The first kappa shape index (κ1) is 14.4. The highest BCUT2D eigenvalue weighted by Crippen LogP contribution is 2.42. The fraction of sp³-hybridized carbons (Fsp3) is 1.00. The summed E-state index contributed by atoms with van der Waals surface area (Å²) in [4.78, 5) is 5.36. The summed E-state index contributed by atoms with van der Waals surface area (Å²) in [5, 5.41) is 14.0. The van der Waals surface area contributed by atoms with Crippen molar-refractivity contribution in [1.82, 2.24) is 15.1 Å². The summed E-state index contributed by atoms with van der Waals surface area (Å²) in [6, 6.07) is 2.09. The van der Waals surface area contributed by atoms with Crippen molar-refractivity contribution in [3.05, 3.63) is 0 Å². The van der Waals surface area contributed by atoms with Crippen LogP contribution in [0.4, 0.5) is 0 Å². The van der Waals surface area contributed by atoms with Gasteiger partial charge in [0.2, 0.25) is 0 Å². The molecule has 0 amide bonds. The molecular formula is C17H31N3O. The minimum absolute atomic E-state index is 0.0177. The summed E-state index contributed by atoms with van der Waals surface area (Å²) in [5.74, 6) is 0.705. The lowest BCUT2D eigenvalue weighted by atomic mass is 9.91. The van der Waals surface area contributed by atoms with Gasteiger partial charge in [-0.25, -0.2) is 0 Å². The average Bonchev–Trinajstić information content (AvgIpc) is 3.38. The molecule has 0 radical (unpaired) electrons.